The monoisotopic (exact) mass is 474 g/mol. The van der Waals surface area contributed by atoms with E-state index >= 15 is 0 Å². The van der Waals surface area contributed by atoms with E-state index < -0.39 is 0 Å². The normalized spacial score (nSPS) is 17.6. The van der Waals surface area contributed by atoms with E-state index in [1.165, 1.54) is 12.8 Å². The lowest BCUT2D eigenvalue weighted by Gasteiger charge is -2.25. The molecule has 0 bridgehead atoms. The minimum absolute atomic E-state index is 0.210. The number of aromatic nitrogens is 4. The van der Waals surface area contributed by atoms with E-state index in [2.05, 4.69) is 20.0 Å². The molecule has 4 aromatic rings. The van der Waals surface area contributed by atoms with Gasteiger partial charge in [0, 0.05) is 43.0 Å². The van der Waals surface area contributed by atoms with Crippen molar-refractivity contribution in [2.24, 2.45) is 5.92 Å². The summed E-state index contributed by atoms with van der Waals surface area (Å²) in [6, 6.07) is 15.7. The predicted octanol–water partition coefficient (Wildman–Crippen LogP) is 4.83. The Kier molecular flexibility index (Phi) is 5.57. The molecule has 0 spiro atoms. The number of nitrogens with zero attached hydrogens (tertiary/aromatic N) is 6. The molecule has 8 heteroatoms. The maximum absolute atomic E-state index is 13.1. The average molecular weight is 475 g/mol. The SMILES string of the molecule is O=C(C1CCCC1)N1CCCN(c2nc3ccccc3c3nnc(-c4ccccc4Cl)n23)CC1. The van der Waals surface area contributed by atoms with Gasteiger partial charge in [0.1, 0.15) is 0 Å². The second-order valence-corrected chi connectivity index (χ2v) is 9.65. The van der Waals surface area contributed by atoms with Crippen LogP contribution in [0.2, 0.25) is 5.02 Å². The molecule has 174 valence electrons. The van der Waals surface area contributed by atoms with Crippen LogP contribution in [0.4, 0.5) is 5.95 Å². The number of anilines is 1. The number of carbonyl (C=O) groups is 1. The smallest absolute Gasteiger partial charge is 0.225 e. The molecule has 1 aliphatic heterocycles. The number of fused-ring (bicyclic) bond motifs is 3. The molecule has 1 aliphatic carbocycles. The van der Waals surface area contributed by atoms with Gasteiger partial charge in [-0.05, 0) is 43.5 Å². The van der Waals surface area contributed by atoms with Gasteiger partial charge in [0.2, 0.25) is 11.9 Å². The number of carbonyl (C=O) groups excluding carboxylic acids is 1. The number of benzene rings is 2. The minimum Gasteiger partial charge on any atom is -0.341 e. The maximum Gasteiger partial charge on any atom is 0.225 e. The maximum atomic E-state index is 13.1. The molecular formula is C26H27ClN6O. The number of hydrogen-bond acceptors (Lipinski definition) is 5. The van der Waals surface area contributed by atoms with Crippen LogP contribution in [0.25, 0.3) is 27.9 Å². The van der Waals surface area contributed by atoms with Gasteiger partial charge in [-0.15, -0.1) is 10.2 Å². The highest BCUT2D eigenvalue weighted by atomic mass is 35.5. The molecule has 1 saturated carbocycles. The zero-order chi connectivity index (χ0) is 23.1. The fourth-order valence-electron chi connectivity index (χ4n) is 5.36. The summed E-state index contributed by atoms with van der Waals surface area (Å²) in [6.45, 7) is 3.03. The average Bonchev–Trinajstić information content (AvgIpc) is 3.49. The first kappa shape index (κ1) is 21.4. The predicted molar refractivity (Wildman–Crippen MR) is 134 cm³/mol. The number of rotatable bonds is 3. The van der Waals surface area contributed by atoms with E-state index in [9.17, 15) is 4.79 Å². The Morgan fingerprint density at radius 3 is 2.53 bits per heavy atom. The van der Waals surface area contributed by atoms with E-state index in [4.69, 9.17) is 16.6 Å². The van der Waals surface area contributed by atoms with E-state index in [-0.39, 0.29) is 5.92 Å². The van der Waals surface area contributed by atoms with Crippen molar-refractivity contribution in [2.75, 3.05) is 31.1 Å². The molecule has 7 nitrogen and oxygen atoms in total. The first-order valence-corrected chi connectivity index (χ1v) is 12.5. The van der Waals surface area contributed by atoms with Crippen LogP contribution < -0.4 is 4.90 Å². The van der Waals surface area contributed by atoms with Crippen molar-refractivity contribution in [3.8, 4) is 11.4 Å². The molecule has 2 fully saturated rings. The molecule has 0 atom stereocenters. The Morgan fingerprint density at radius 1 is 0.882 bits per heavy atom. The van der Waals surface area contributed by atoms with Crippen molar-refractivity contribution < 1.29 is 4.79 Å². The summed E-state index contributed by atoms with van der Waals surface area (Å²) < 4.78 is 2.03. The van der Waals surface area contributed by atoms with Crippen LogP contribution in [0.5, 0.6) is 0 Å². The van der Waals surface area contributed by atoms with E-state index in [1.54, 1.807) is 0 Å². The van der Waals surface area contributed by atoms with Crippen molar-refractivity contribution in [2.45, 2.75) is 32.1 Å². The largest absolute Gasteiger partial charge is 0.341 e. The molecule has 0 unspecified atom stereocenters. The highest BCUT2D eigenvalue weighted by Gasteiger charge is 2.29. The van der Waals surface area contributed by atoms with E-state index in [0.29, 0.717) is 23.3 Å². The van der Waals surface area contributed by atoms with Crippen LogP contribution in [0, 0.1) is 5.92 Å². The number of amides is 1. The van der Waals surface area contributed by atoms with Crippen molar-refractivity contribution in [1.29, 1.82) is 0 Å². The Bertz CT molecular complexity index is 1360. The van der Waals surface area contributed by atoms with Crippen molar-refractivity contribution in [3.63, 3.8) is 0 Å². The Hall–Kier alpha value is -3.19. The van der Waals surface area contributed by atoms with Gasteiger partial charge in [-0.2, -0.15) is 0 Å². The molecule has 0 N–H and O–H groups in total. The number of para-hydroxylation sites is 1. The third-order valence-electron chi connectivity index (χ3n) is 7.14. The summed E-state index contributed by atoms with van der Waals surface area (Å²) in [7, 11) is 0. The second-order valence-electron chi connectivity index (χ2n) is 9.24. The lowest BCUT2D eigenvalue weighted by Crippen LogP contribution is -2.38. The summed E-state index contributed by atoms with van der Waals surface area (Å²) >= 11 is 6.56. The highest BCUT2D eigenvalue weighted by molar-refractivity contribution is 6.33. The fourth-order valence-corrected chi connectivity index (χ4v) is 5.58. The zero-order valence-corrected chi connectivity index (χ0v) is 19.8. The second kappa shape index (κ2) is 8.87. The van der Waals surface area contributed by atoms with Gasteiger partial charge in [-0.3, -0.25) is 4.79 Å². The van der Waals surface area contributed by atoms with Crippen LogP contribution in [0.3, 0.4) is 0 Å². The van der Waals surface area contributed by atoms with Crippen molar-refractivity contribution in [3.05, 3.63) is 53.6 Å². The van der Waals surface area contributed by atoms with Gasteiger partial charge >= 0.3 is 0 Å². The molecule has 2 aromatic carbocycles. The summed E-state index contributed by atoms with van der Waals surface area (Å²) in [5.41, 5.74) is 2.47. The highest BCUT2D eigenvalue weighted by Crippen LogP contribution is 2.32. The van der Waals surface area contributed by atoms with Crippen LogP contribution in [-0.4, -0.2) is 56.6 Å². The summed E-state index contributed by atoms with van der Waals surface area (Å²) in [5, 5.41) is 10.7. The first-order valence-electron chi connectivity index (χ1n) is 12.1. The van der Waals surface area contributed by atoms with Gasteiger partial charge < -0.3 is 9.80 Å². The molecular weight excluding hydrogens is 448 g/mol. The lowest BCUT2D eigenvalue weighted by molar-refractivity contribution is -0.135. The van der Waals surface area contributed by atoms with Gasteiger partial charge in [0.05, 0.1) is 10.5 Å². The topological polar surface area (TPSA) is 66.6 Å². The Balaban J connectivity index is 1.42. The van der Waals surface area contributed by atoms with Crippen molar-refractivity contribution in [1.82, 2.24) is 24.5 Å². The first-order chi connectivity index (χ1) is 16.7. The number of hydrogen-bond donors (Lipinski definition) is 0. The summed E-state index contributed by atoms with van der Waals surface area (Å²) in [4.78, 5) is 22.5. The lowest BCUT2D eigenvalue weighted by atomic mass is 10.1. The Morgan fingerprint density at radius 2 is 1.68 bits per heavy atom. The third-order valence-corrected chi connectivity index (χ3v) is 7.47. The van der Waals surface area contributed by atoms with E-state index in [0.717, 1.165) is 67.0 Å². The minimum atomic E-state index is 0.210. The van der Waals surface area contributed by atoms with Crippen LogP contribution >= 0.6 is 11.6 Å². The summed E-state index contributed by atoms with van der Waals surface area (Å²) in [6.07, 6.45) is 5.32. The molecule has 2 aliphatic rings. The van der Waals surface area contributed by atoms with Crippen LogP contribution in [-0.2, 0) is 4.79 Å². The molecule has 2 aromatic heterocycles. The molecule has 0 radical (unpaired) electrons. The molecule has 3 heterocycles. The zero-order valence-electron chi connectivity index (χ0n) is 19.0. The van der Waals surface area contributed by atoms with E-state index in [1.807, 2.05) is 52.9 Å². The molecule has 1 amide bonds. The van der Waals surface area contributed by atoms with Gasteiger partial charge in [-0.25, -0.2) is 9.38 Å². The van der Waals surface area contributed by atoms with Gasteiger partial charge in [0.25, 0.3) is 0 Å². The van der Waals surface area contributed by atoms with Crippen molar-refractivity contribution >= 4 is 40.0 Å². The molecule has 34 heavy (non-hydrogen) atoms. The van der Waals surface area contributed by atoms with Gasteiger partial charge in [-0.1, -0.05) is 48.7 Å². The Labute approximate surface area is 203 Å². The molecule has 1 saturated heterocycles. The fraction of sp³-hybridized carbons (Fsp3) is 0.385. The number of halogens is 1. The standard InChI is InChI=1S/C26H27ClN6O/c27-21-12-5-3-10-19(21)23-29-30-24-20-11-4-6-13-22(20)28-26(33(23)24)32-15-7-14-31(16-17-32)25(34)18-8-1-2-9-18/h3-6,10-13,18H,1-2,7-9,14-17H2. The third kappa shape index (κ3) is 3.68. The summed E-state index contributed by atoms with van der Waals surface area (Å²) in [5.74, 6) is 2.01. The quantitative estimate of drug-likeness (QED) is 0.425. The molecule has 6 rings (SSSR count). The van der Waals surface area contributed by atoms with Crippen LogP contribution in [0.15, 0.2) is 48.5 Å². The van der Waals surface area contributed by atoms with Crippen LogP contribution in [0.1, 0.15) is 32.1 Å². The van der Waals surface area contributed by atoms with Gasteiger partial charge in [0.15, 0.2) is 11.5 Å².